The molecule has 2 atom stereocenters. The van der Waals surface area contributed by atoms with E-state index in [4.69, 9.17) is 9.84 Å². The average molecular weight is 264 g/mol. The van der Waals surface area contributed by atoms with Crippen molar-refractivity contribution in [3.8, 4) is 0 Å². The Hall–Kier alpha value is -0.950. The molecule has 0 fully saturated rings. The summed E-state index contributed by atoms with van der Waals surface area (Å²) in [7, 11) is 1.54. The number of thioether (sulfide) groups is 1. The highest BCUT2D eigenvalue weighted by Crippen LogP contribution is 2.00. The first kappa shape index (κ1) is 16.1. The van der Waals surface area contributed by atoms with E-state index in [1.54, 1.807) is 18.9 Å². The molecule has 6 nitrogen and oxygen atoms in total. The molecule has 0 bridgehead atoms. The summed E-state index contributed by atoms with van der Waals surface area (Å²) in [4.78, 5) is 22.3. The minimum atomic E-state index is -1.02. The number of carbonyl (C=O) groups is 2. The number of methoxy groups -OCH3 is 1. The summed E-state index contributed by atoms with van der Waals surface area (Å²) >= 11 is 1.54. The molecule has 17 heavy (non-hydrogen) atoms. The third-order valence-corrected chi connectivity index (χ3v) is 2.81. The SMILES string of the molecule is COC(C)CNC(=O)NC(CCSC)C(=O)O. The highest BCUT2D eigenvalue weighted by Gasteiger charge is 2.19. The largest absolute Gasteiger partial charge is 0.480 e. The number of carboxylic acid groups (broad SMARTS) is 1. The van der Waals surface area contributed by atoms with Gasteiger partial charge in [0.05, 0.1) is 6.10 Å². The zero-order chi connectivity index (χ0) is 13.3. The summed E-state index contributed by atoms with van der Waals surface area (Å²) < 4.78 is 4.96. The van der Waals surface area contributed by atoms with Crippen molar-refractivity contribution in [2.24, 2.45) is 0 Å². The van der Waals surface area contributed by atoms with Crippen molar-refractivity contribution in [1.29, 1.82) is 0 Å². The van der Waals surface area contributed by atoms with Gasteiger partial charge in [-0.3, -0.25) is 0 Å². The lowest BCUT2D eigenvalue weighted by Crippen LogP contribution is -2.47. The zero-order valence-corrected chi connectivity index (χ0v) is 11.2. The van der Waals surface area contributed by atoms with Crippen molar-refractivity contribution in [3.05, 3.63) is 0 Å². The second-order valence-corrected chi connectivity index (χ2v) is 4.56. The third kappa shape index (κ3) is 7.87. The maximum atomic E-state index is 11.4. The van der Waals surface area contributed by atoms with Crippen LogP contribution in [0, 0.1) is 0 Å². The average Bonchev–Trinajstić information content (AvgIpc) is 2.30. The maximum absolute atomic E-state index is 11.4. The van der Waals surface area contributed by atoms with Gasteiger partial charge in [0.25, 0.3) is 0 Å². The number of carbonyl (C=O) groups excluding carboxylic acids is 1. The van der Waals surface area contributed by atoms with E-state index < -0.39 is 18.0 Å². The van der Waals surface area contributed by atoms with Gasteiger partial charge < -0.3 is 20.5 Å². The number of hydrogen-bond donors (Lipinski definition) is 3. The smallest absolute Gasteiger partial charge is 0.326 e. The van der Waals surface area contributed by atoms with E-state index in [1.807, 2.05) is 13.2 Å². The van der Waals surface area contributed by atoms with Crippen molar-refractivity contribution in [2.45, 2.75) is 25.5 Å². The Kier molecular flexibility index (Phi) is 8.61. The van der Waals surface area contributed by atoms with Crippen molar-refractivity contribution >= 4 is 23.8 Å². The highest BCUT2D eigenvalue weighted by molar-refractivity contribution is 7.98. The summed E-state index contributed by atoms with van der Waals surface area (Å²) in [5, 5.41) is 13.9. The van der Waals surface area contributed by atoms with Crippen LogP contribution in [0.25, 0.3) is 0 Å². The first-order chi connectivity index (χ1) is 8.01. The molecule has 0 aromatic carbocycles. The molecule has 3 N–H and O–H groups in total. The Morgan fingerprint density at radius 3 is 2.59 bits per heavy atom. The van der Waals surface area contributed by atoms with Crippen molar-refractivity contribution in [3.63, 3.8) is 0 Å². The van der Waals surface area contributed by atoms with Crippen LogP contribution in [0.5, 0.6) is 0 Å². The normalized spacial score (nSPS) is 13.8. The maximum Gasteiger partial charge on any atom is 0.326 e. The van der Waals surface area contributed by atoms with Gasteiger partial charge in [0.15, 0.2) is 0 Å². The van der Waals surface area contributed by atoms with Crippen LogP contribution in [-0.2, 0) is 9.53 Å². The lowest BCUT2D eigenvalue weighted by molar-refractivity contribution is -0.139. The minimum absolute atomic E-state index is 0.102. The molecule has 0 aliphatic heterocycles. The number of aliphatic carboxylic acids is 1. The molecule has 0 aromatic rings. The summed E-state index contributed by atoms with van der Waals surface area (Å²) in [5.41, 5.74) is 0. The number of hydrogen-bond acceptors (Lipinski definition) is 4. The van der Waals surface area contributed by atoms with E-state index in [9.17, 15) is 9.59 Å². The Labute approximate surface area is 105 Å². The second-order valence-electron chi connectivity index (χ2n) is 3.57. The van der Waals surface area contributed by atoms with E-state index in [2.05, 4.69) is 10.6 Å². The number of amides is 2. The van der Waals surface area contributed by atoms with Crippen LogP contribution in [0.1, 0.15) is 13.3 Å². The molecule has 0 spiro atoms. The van der Waals surface area contributed by atoms with E-state index in [0.29, 0.717) is 18.7 Å². The quantitative estimate of drug-likeness (QED) is 0.595. The van der Waals surface area contributed by atoms with Crippen LogP contribution >= 0.6 is 11.8 Å². The number of rotatable bonds is 8. The van der Waals surface area contributed by atoms with Gasteiger partial charge in [0, 0.05) is 13.7 Å². The predicted molar refractivity (Wildman–Crippen MR) is 67.4 cm³/mol. The van der Waals surface area contributed by atoms with Gasteiger partial charge >= 0.3 is 12.0 Å². The fourth-order valence-electron chi connectivity index (χ4n) is 1.02. The van der Waals surface area contributed by atoms with Crippen molar-refractivity contribution < 1.29 is 19.4 Å². The zero-order valence-electron chi connectivity index (χ0n) is 10.4. The van der Waals surface area contributed by atoms with Crippen LogP contribution in [-0.4, -0.2) is 54.9 Å². The predicted octanol–water partition coefficient (Wildman–Crippen LogP) is 0.527. The number of urea groups is 1. The van der Waals surface area contributed by atoms with Gasteiger partial charge in [0.1, 0.15) is 6.04 Å². The van der Waals surface area contributed by atoms with Crippen LogP contribution < -0.4 is 10.6 Å². The molecule has 0 radical (unpaired) electrons. The van der Waals surface area contributed by atoms with Crippen LogP contribution in [0.4, 0.5) is 4.79 Å². The molecule has 0 saturated heterocycles. The summed E-state index contributed by atoms with van der Waals surface area (Å²) in [5.74, 6) is -0.333. The summed E-state index contributed by atoms with van der Waals surface area (Å²) in [6.45, 7) is 2.15. The third-order valence-electron chi connectivity index (χ3n) is 2.17. The summed E-state index contributed by atoms with van der Waals surface area (Å²) in [6.07, 6.45) is 2.19. The molecule has 0 aromatic heterocycles. The fourth-order valence-corrected chi connectivity index (χ4v) is 1.49. The highest BCUT2D eigenvalue weighted by atomic mass is 32.2. The van der Waals surface area contributed by atoms with Gasteiger partial charge in [-0.15, -0.1) is 0 Å². The van der Waals surface area contributed by atoms with Crippen LogP contribution in [0.3, 0.4) is 0 Å². The van der Waals surface area contributed by atoms with Crippen LogP contribution in [0.2, 0.25) is 0 Å². The van der Waals surface area contributed by atoms with E-state index >= 15 is 0 Å². The number of ether oxygens (including phenoxy) is 1. The summed E-state index contributed by atoms with van der Waals surface area (Å²) in [6, 6.07) is -1.33. The molecule has 0 aliphatic rings. The number of carboxylic acids is 1. The number of nitrogens with one attached hydrogen (secondary N) is 2. The molecule has 0 heterocycles. The van der Waals surface area contributed by atoms with Gasteiger partial charge in [-0.05, 0) is 25.4 Å². The molecular weight excluding hydrogens is 244 g/mol. The molecule has 0 aliphatic carbocycles. The van der Waals surface area contributed by atoms with E-state index in [1.165, 1.54) is 0 Å². The fraction of sp³-hybridized carbons (Fsp3) is 0.800. The first-order valence-electron chi connectivity index (χ1n) is 5.30. The molecule has 0 rings (SSSR count). The Balaban J connectivity index is 3.99. The second kappa shape index (κ2) is 9.12. The Bertz CT molecular complexity index is 250. The topological polar surface area (TPSA) is 87.7 Å². The van der Waals surface area contributed by atoms with Gasteiger partial charge in [-0.1, -0.05) is 0 Å². The van der Waals surface area contributed by atoms with E-state index in [0.717, 1.165) is 0 Å². The monoisotopic (exact) mass is 264 g/mol. The molecule has 100 valence electrons. The van der Waals surface area contributed by atoms with Crippen molar-refractivity contribution in [2.75, 3.05) is 25.7 Å². The first-order valence-corrected chi connectivity index (χ1v) is 6.69. The molecular formula is C10H20N2O4S. The van der Waals surface area contributed by atoms with Crippen molar-refractivity contribution in [1.82, 2.24) is 10.6 Å². The van der Waals surface area contributed by atoms with E-state index in [-0.39, 0.29) is 6.10 Å². The standard InChI is InChI=1S/C10H20N2O4S/c1-7(16-2)6-11-10(15)12-8(9(13)14)4-5-17-3/h7-8H,4-6H2,1-3H3,(H,13,14)(H2,11,12,15). The minimum Gasteiger partial charge on any atom is -0.480 e. The lowest BCUT2D eigenvalue weighted by Gasteiger charge is -2.16. The molecule has 7 heteroatoms. The Morgan fingerprint density at radius 2 is 2.12 bits per heavy atom. The Morgan fingerprint density at radius 1 is 1.47 bits per heavy atom. The van der Waals surface area contributed by atoms with Gasteiger partial charge in [-0.2, -0.15) is 11.8 Å². The van der Waals surface area contributed by atoms with Crippen LogP contribution in [0.15, 0.2) is 0 Å². The van der Waals surface area contributed by atoms with Gasteiger partial charge in [0.2, 0.25) is 0 Å². The molecule has 2 amide bonds. The van der Waals surface area contributed by atoms with Gasteiger partial charge in [-0.25, -0.2) is 9.59 Å². The molecule has 0 saturated carbocycles. The lowest BCUT2D eigenvalue weighted by atomic mass is 10.2. The molecule has 2 unspecified atom stereocenters.